The van der Waals surface area contributed by atoms with Crippen LogP contribution in [0.1, 0.15) is 36.7 Å². The van der Waals surface area contributed by atoms with Crippen LogP contribution in [0.25, 0.3) is 6.08 Å². The van der Waals surface area contributed by atoms with Crippen LogP contribution in [-0.4, -0.2) is 25.1 Å². The first kappa shape index (κ1) is 21.7. The Kier molecular flexibility index (Phi) is 8.26. The normalized spacial score (nSPS) is 10.9. The number of ether oxygens (including phenoxy) is 2. The van der Waals surface area contributed by atoms with Gasteiger partial charge in [-0.2, -0.15) is 0 Å². The van der Waals surface area contributed by atoms with E-state index in [9.17, 15) is 9.59 Å². The number of carbonyl (C=O) groups excluding carboxylic acids is 2. The predicted molar refractivity (Wildman–Crippen MR) is 115 cm³/mol. The van der Waals surface area contributed by atoms with Gasteiger partial charge in [0, 0.05) is 21.8 Å². The summed E-state index contributed by atoms with van der Waals surface area (Å²) < 4.78 is 11.6. The zero-order valence-corrected chi connectivity index (χ0v) is 17.8. The van der Waals surface area contributed by atoms with Gasteiger partial charge in [-0.05, 0) is 61.4 Å². The van der Waals surface area contributed by atoms with Crippen LogP contribution in [0.2, 0.25) is 0 Å². The van der Waals surface area contributed by atoms with E-state index in [-0.39, 0.29) is 17.8 Å². The third-order valence-electron chi connectivity index (χ3n) is 3.62. The number of carbonyl (C=O) groups is 2. The summed E-state index contributed by atoms with van der Waals surface area (Å²) in [6.45, 7) is 6.78. The Morgan fingerprint density at radius 1 is 1.14 bits per heavy atom. The van der Waals surface area contributed by atoms with Crippen molar-refractivity contribution in [3.63, 3.8) is 0 Å². The molecule has 1 amide bonds. The highest BCUT2D eigenvalue weighted by molar-refractivity contribution is 9.10. The van der Waals surface area contributed by atoms with Crippen molar-refractivity contribution >= 4 is 39.6 Å². The van der Waals surface area contributed by atoms with Crippen LogP contribution in [0, 0.1) is 5.92 Å². The molecular formula is C22H24BrNO4. The van der Waals surface area contributed by atoms with Crippen molar-refractivity contribution in [2.45, 2.75) is 20.8 Å². The van der Waals surface area contributed by atoms with Gasteiger partial charge in [-0.15, -0.1) is 0 Å². The molecule has 28 heavy (non-hydrogen) atoms. The second-order valence-electron chi connectivity index (χ2n) is 6.51. The molecule has 0 atom stereocenters. The second-order valence-corrected chi connectivity index (χ2v) is 7.42. The van der Waals surface area contributed by atoms with E-state index in [2.05, 4.69) is 21.2 Å². The van der Waals surface area contributed by atoms with Gasteiger partial charge >= 0.3 is 5.97 Å². The Hall–Kier alpha value is -2.60. The summed E-state index contributed by atoms with van der Waals surface area (Å²) in [4.78, 5) is 24.1. The molecule has 6 heteroatoms. The Balaban J connectivity index is 1.99. The molecule has 2 aromatic rings. The van der Waals surface area contributed by atoms with E-state index in [4.69, 9.17) is 9.47 Å². The molecule has 0 fully saturated rings. The summed E-state index contributed by atoms with van der Waals surface area (Å²) in [6, 6.07) is 12.2. The SMILES string of the molecule is CCOc1ccc(Br)cc1/C=C/C(=O)Nc1ccc(C(=O)OCC(C)C)cc1. The molecule has 0 bridgehead atoms. The smallest absolute Gasteiger partial charge is 0.338 e. The number of nitrogens with one attached hydrogen (secondary N) is 1. The lowest BCUT2D eigenvalue weighted by atomic mass is 10.2. The molecular weight excluding hydrogens is 422 g/mol. The maximum atomic E-state index is 12.2. The minimum Gasteiger partial charge on any atom is -0.493 e. The summed E-state index contributed by atoms with van der Waals surface area (Å²) in [5.41, 5.74) is 1.84. The Morgan fingerprint density at radius 3 is 2.50 bits per heavy atom. The van der Waals surface area contributed by atoms with Crippen LogP contribution < -0.4 is 10.1 Å². The second kappa shape index (κ2) is 10.7. The maximum Gasteiger partial charge on any atom is 0.338 e. The summed E-state index contributed by atoms with van der Waals surface area (Å²) in [5, 5.41) is 2.76. The van der Waals surface area contributed by atoms with Gasteiger partial charge in [-0.3, -0.25) is 4.79 Å². The fourth-order valence-corrected chi connectivity index (χ4v) is 2.68. The van der Waals surface area contributed by atoms with Crippen LogP contribution in [0.15, 0.2) is 53.0 Å². The molecule has 0 aliphatic carbocycles. The number of amides is 1. The fraction of sp³-hybridized carbons (Fsp3) is 0.273. The fourth-order valence-electron chi connectivity index (χ4n) is 2.30. The molecule has 1 N–H and O–H groups in total. The zero-order chi connectivity index (χ0) is 20.5. The van der Waals surface area contributed by atoms with Crippen molar-refractivity contribution < 1.29 is 19.1 Å². The summed E-state index contributed by atoms with van der Waals surface area (Å²) >= 11 is 3.42. The van der Waals surface area contributed by atoms with Crippen LogP contribution in [0.3, 0.4) is 0 Å². The average molecular weight is 446 g/mol. The number of benzene rings is 2. The van der Waals surface area contributed by atoms with E-state index in [0.29, 0.717) is 30.2 Å². The topological polar surface area (TPSA) is 64.6 Å². The molecule has 0 radical (unpaired) electrons. The first-order chi connectivity index (χ1) is 13.4. The molecule has 0 aliphatic rings. The molecule has 0 spiro atoms. The quantitative estimate of drug-likeness (QED) is 0.441. The van der Waals surface area contributed by atoms with Crippen LogP contribution in [-0.2, 0) is 9.53 Å². The molecule has 0 heterocycles. The first-order valence-corrected chi connectivity index (χ1v) is 9.87. The van der Waals surface area contributed by atoms with Gasteiger partial charge < -0.3 is 14.8 Å². The zero-order valence-electron chi connectivity index (χ0n) is 16.2. The van der Waals surface area contributed by atoms with Crippen LogP contribution in [0.4, 0.5) is 5.69 Å². The van der Waals surface area contributed by atoms with E-state index in [1.807, 2.05) is 39.0 Å². The molecule has 0 saturated carbocycles. The Morgan fingerprint density at radius 2 is 1.86 bits per heavy atom. The van der Waals surface area contributed by atoms with Crippen molar-refractivity contribution in [1.82, 2.24) is 0 Å². The lowest BCUT2D eigenvalue weighted by molar-refractivity contribution is -0.111. The lowest BCUT2D eigenvalue weighted by Crippen LogP contribution is -2.11. The molecule has 148 valence electrons. The number of rotatable bonds is 8. The van der Waals surface area contributed by atoms with E-state index in [1.165, 1.54) is 6.08 Å². The van der Waals surface area contributed by atoms with E-state index >= 15 is 0 Å². The molecule has 0 unspecified atom stereocenters. The molecule has 2 rings (SSSR count). The third-order valence-corrected chi connectivity index (χ3v) is 4.12. The monoisotopic (exact) mass is 445 g/mol. The van der Waals surface area contributed by atoms with Gasteiger partial charge in [-0.25, -0.2) is 4.79 Å². The van der Waals surface area contributed by atoms with Gasteiger partial charge in [0.05, 0.1) is 18.8 Å². The number of hydrogen-bond donors (Lipinski definition) is 1. The van der Waals surface area contributed by atoms with Crippen molar-refractivity contribution in [3.05, 3.63) is 64.1 Å². The first-order valence-electron chi connectivity index (χ1n) is 9.07. The minimum atomic E-state index is -0.371. The molecule has 0 aromatic heterocycles. The van der Waals surface area contributed by atoms with Gasteiger partial charge in [0.15, 0.2) is 0 Å². The summed E-state index contributed by atoms with van der Waals surface area (Å²) in [7, 11) is 0. The highest BCUT2D eigenvalue weighted by Gasteiger charge is 2.08. The largest absolute Gasteiger partial charge is 0.493 e. The Bertz CT molecular complexity index is 844. The number of halogens is 1. The maximum absolute atomic E-state index is 12.2. The third kappa shape index (κ3) is 6.85. The van der Waals surface area contributed by atoms with E-state index < -0.39 is 0 Å². The Labute approximate surface area is 173 Å². The van der Waals surface area contributed by atoms with Gasteiger partial charge in [0.1, 0.15) is 5.75 Å². The number of anilines is 1. The van der Waals surface area contributed by atoms with Gasteiger partial charge in [-0.1, -0.05) is 29.8 Å². The van der Waals surface area contributed by atoms with Gasteiger partial charge in [0.2, 0.25) is 5.91 Å². The average Bonchev–Trinajstić information content (AvgIpc) is 2.67. The van der Waals surface area contributed by atoms with Crippen molar-refractivity contribution in [2.24, 2.45) is 5.92 Å². The van der Waals surface area contributed by atoms with Gasteiger partial charge in [0.25, 0.3) is 0 Å². The van der Waals surface area contributed by atoms with Crippen molar-refractivity contribution in [2.75, 3.05) is 18.5 Å². The predicted octanol–water partition coefficient (Wildman–Crippen LogP) is 5.31. The van der Waals surface area contributed by atoms with E-state index in [0.717, 1.165) is 10.0 Å². The molecule has 5 nitrogen and oxygen atoms in total. The lowest BCUT2D eigenvalue weighted by Gasteiger charge is -2.08. The highest BCUT2D eigenvalue weighted by Crippen LogP contribution is 2.24. The molecule has 2 aromatic carbocycles. The molecule has 0 saturated heterocycles. The summed E-state index contributed by atoms with van der Waals surface area (Å²) in [6.07, 6.45) is 3.14. The highest BCUT2D eigenvalue weighted by atomic mass is 79.9. The van der Waals surface area contributed by atoms with Crippen LogP contribution >= 0.6 is 15.9 Å². The standard InChI is InChI=1S/C22H24BrNO4/c1-4-27-20-11-8-18(23)13-17(20)7-12-21(25)24-19-9-5-16(6-10-19)22(26)28-14-15(2)3/h5-13,15H,4,14H2,1-3H3,(H,24,25)/b12-7+. The van der Waals surface area contributed by atoms with E-state index in [1.54, 1.807) is 30.3 Å². The minimum absolute atomic E-state index is 0.280. The van der Waals surface area contributed by atoms with Crippen molar-refractivity contribution in [1.29, 1.82) is 0 Å². The summed E-state index contributed by atoms with van der Waals surface area (Å²) in [5.74, 6) is 0.337. The number of esters is 1. The molecule has 0 aliphatic heterocycles. The van der Waals surface area contributed by atoms with Crippen LogP contribution in [0.5, 0.6) is 5.75 Å². The van der Waals surface area contributed by atoms with Crippen molar-refractivity contribution in [3.8, 4) is 5.75 Å². The number of hydrogen-bond acceptors (Lipinski definition) is 4.